The average Bonchev–Trinajstić information content (AvgIpc) is 2.78. The molecule has 0 unspecified atom stereocenters. The van der Waals surface area contributed by atoms with Gasteiger partial charge in [-0.15, -0.1) is 0 Å². The molecule has 0 aromatic heterocycles. The van der Waals surface area contributed by atoms with Gasteiger partial charge in [0.1, 0.15) is 5.75 Å². The third-order valence-corrected chi connectivity index (χ3v) is 5.30. The Morgan fingerprint density at radius 1 is 1.06 bits per heavy atom. The van der Waals surface area contributed by atoms with Crippen molar-refractivity contribution in [3.05, 3.63) is 58.6 Å². The van der Waals surface area contributed by atoms with Crippen molar-refractivity contribution < 1.29 is 19.1 Å². The molecule has 3 rings (SSSR count). The van der Waals surface area contributed by atoms with E-state index in [2.05, 4.69) is 5.32 Å². The molecule has 0 radical (unpaired) electrons. The first-order valence-corrected chi connectivity index (χ1v) is 10.6. The third-order valence-electron chi connectivity index (χ3n) is 5.06. The fraction of sp³-hybridized carbons (Fsp3) is 0.348. The Bertz CT molecular complexity index is 971. The number of hydrogen-bond acceptors (Lipinski definition) is 4. The summed E-state index contributed by atoms with van der Waals surface area (Å²) in [5.41, 5.74) is 1.11. The molecule has 0 spiro atoms. The first-order chi connectivity index (χ1) is 14.8. The summed E-state index contributed by atoms with van der Waals surface area (Å²) in [6, 6.07) is 11.4. The number of nitrogens with zero attached hydrogens (tertiary/aromatic N) is 2. The van der Waals surface area contributed by atoms with E-state index >= 15 is 0 Å². The van der Waals surface area contributed by atoms with E-state index in [9.17, 15) is 14.4 Å². The number of carbonyl (C=O) groups is 3. The second-order valence-electron chi connectivity index (χ2n) is 7.60. The summed E-state index contributed by atoms with van der Waals surface area (Å²) < 4.78 is 5.48. The number of rotatable bonds is 6. The minimum Gasteiger partial charge on any atom is -0.484 e. The summed E-state index contributed by atoms with van der Waals surface area (Å²) >= 11 is 6.13. The summed E-state index contributed by atoms with van der Waals surface area (Å²) in [6.45, 7) is 1.29. The molecule has 2 aromatic rings. The lowest BCUT2D eigenvalue weighted by atomic mass is 10.1. The van der Waals surface area contributed by atoms with E-state index in [-0.39, 0.29) is 18.4 Å². The van der Waals surface area contributed by atoms with Crippen molar-refractivity contribution in [2.24, 2.45) is 0 Å². The van der Waals surface area contributed by atoms with E-state index in [1.165, 1.54) is 4.90 Å². The van der Waals surface area contributed by atoms with Crippen molar-refractivity contribution in [2.75, 3.05) is 39.1 Å². The van der Waals surface area contributed by atoms with Gasteiger partial charge in [-0.1, -0.05) is 17.7 Å². The van der Waals surface area contributed by atoms with Gasteiger partial charge in [0.25, 0.3) is 17.7 Å². The molecule has 3 amide bonds. The van der Waals surface area contributed by atoms with Crippen LogP contribution in [0.2, 0.25) is 5.02 Å². The molecular weight excluding hydrogens is 418 g/mol. The number of anilines is 1. The highest BCUT2D eigenvalue weighted by Gasteiger charge is 2.22. The highest BCUT2D eigenvalue weighted by atomic mass is 35.5. The molecule has 0 atom stereocenters. The maximum absolute atomic E-state index is 13.0. The second-order valence-corrected chi connectivity index (χ2v) is 8.04. The van der Waals surface area contributed by atoms with Gasteiger partial charge in [-0.2, -0.15) is 0 Å². The molecule has 1 saturated heterocycles. The van der Waals surface area contributed by atoms with E-state index in [4.69, 9.17) is 16.3 Å². The molecule has 31 heavy (non-hydrogen) atoms. The highest BCUT2D eigenvalue weighted by Crippen LogP contribution is 2.25. The van der Waals surface area contributed by atoms with Crippen molar-refractivity contribution in [2.45, 2.75) is 19.3 Å². The number of carbonyl (C=O) groups excluding carboxylic acids is 3. The number of nitrogens with one attached hydrogen (secondary N) is 1. The molecule has 1 aliphatic rings. The van der Waals surface area contributed by atoms with Gasteiger partial charge in [0.15, 0.2) is 6.61 Å². The predicted molar refractivity (Wildman–Crippen MR) is 120 cm³/mol. The van der Waals surface area contributed by atoms with Crippen LogP contribution in [0.15, 0.2) is 42.5 Å². The van der Waals surface area contributed by atoms with Crippen LogP contribution >= 0.6 is 11.6 Å². The van der Waals surface area contributed by atoms with Crippen LogP contribution in [0.4, 0.5) is 5.69 Å². The lowest BCUT2D eigenvalue weighted by molar-refractivity contribution is -0.130. The van der Waals surface area contributed by atoms with Gasteiger partial charge in [-0.3, -0.25) is 14.4 Å². The second kappa shape index (κ2) is 10.3. The minimum atomic E-state index is -0.403. The highest BCUT2D eigenvalue weighted by molar-refractivity contribution is 6.31. The molecular formula is C23H26ClN3O4. The SMILES string of the molecule is CN(C)C(=O)COc1cccc(C(=O)Nc2cc(Cl)ccc2C(=O)N2CCCCC2)c1. The quantitative estimate of drug-likeness (QED) is 0.738. The van der Waals surface area contributed by atoms with E-state index in [1.54, 1.807) is 61.5 Å². The predicted octanol–water partition coefficient (Wildman–Crippen LogP) is 3.69. The lowest BCUT2D eigenvalue weighted by Gasteiger charge is -2.27. The van der Waals surface area contributed by atoms with Gasteiger partial charge < -0.3 is 19.9 Å². The molecule has 1 fully saturated rings. The van der Waals surface area contributed by atoms with Crippen molar-refractivity contribution in [1.82, 2.24) is 9.80 Å². The van der Waals surface area contributed by atoms with Crippen molar-refractivity contribution >= 4 is 35.0 Å². The zero-order valence-corrected chi connectivity index (χ0v) is 18.4. The van der Waals surface area contributed by atoms with Gasteiger partial charge in [0.2, 0.25) is 0 Å². The summed E-state index contributed by atoms with van der Waals surface area (Å²) in [4.78, 5) is 40.8. The fourth-order valence-electron chi connectivity index (χ4n) is 3.27. The molecule has 1 heterocycles. The Balaban J connectivity index is 1.75. The van der Waals surface area contributed by atoms with Crippen LogP contribution in [0.25, 0.3) is 0 Å². The zero-order valence-electron chi connectivity index (χ0n) is 17.7. The number of likely N-dealkylation sites (N-methyl/N-ethyl adjacent to an activating group) is 1. The monoisotopic (exact) mass is 443 g/mol. The van der Waals surface area contributed by atoms with Gasteiger partial charge >= 0.3 is 0 Å². The molecule has 1 N–H and O–H groups in total. The number of piperidine rings is 1. The fourth-order valence-corrected chi connectivity index (χ4v) is 3.44. The van der Waals surface area contributed by atoms with Crippen LogP contribution in [0.5, 0.6) is 5.75 Å². The average molecular weight is 444 g/mol. The van der Waals surface area contributed by atoms with Crippen LogP contribution in [-0.2, 0) is 4.79 Å². The van der Waals surface area contributed by atoms with Crippen LogP contribution in [0.3, 0.4) is 0 Å². The molecule has 0 aliphatic carbocycles. The van der Waals surface area contributed by atoms with Crippen molar-refractivity contribution in [1.29, 1.82) is 0 Å². The van der Waals surface area contributed by atoms with Gasteiger partial charge in [-0.25, -0.2) is 0 Å². The number of amides is 3. The van der Waals surface area contributed by atoms with Gasteiger partial charge in [0, 0.05) is 37.8 Å². The number of benzene rings is 2. The maximum atomic E-state index is 13.0. The Morgan fingerprint density at radius 3 is 2.52 bits per heavy atom. The molecule has 8 heteroatoms. The van der Waals surface area contributed by atoms with Gasteiger partial charge in [-0.05, 0) is 55.7 Å². The number of halogens is 1. The van der Waals surface area contributed by atoms with Crippen LogP contribution < -0.4 is 10.1 Å². The lowest BCUT2D eigenvalue weighted by Crippen LogP contribution is -2.36. The largest absolute Gasteiger partial charge is 0.484 e. The number of ether oxygens (including phenoxy) is 1. The summed E-state index contributed by atoms with van der Waals surface area (Å²) in [5.74, 6) is -0.307. The Labute approximate surface area is 186 Å². The molecule has 2 aromatic carbocycles. The molecule has 7 nitrogen and oxygen atoms in total. The third kappa shape index (κ3) is 5.98. The van der Waals surface area contributed by atoms with E-state index in [1.807, 2.05) is 0 Å². The Hall–Kier alpha value is -3.06. The smallest absolute Gasteiger partial charge is 0.259 e. The number of hydrogen-bond donors (Lipinski definition) is 1. The minimum absolute atomic E-state index is 0.119. The van der Waals surface area contributed by atoms with Crippen LogP contribution in [0.1, 0.15) is 40.0 Å². The van der Waals surface area contributed by atoms with Crippen molar-refractivity contribution in [3.8, 4) is 5.75 Å². The Morgan fingerprint density at radius 2 is 1.81 bits per heavy atom. The zero-order chi connectivity index (χ0) is 22.4. The molecule has 0 saturated carbocycles. The number of likely N-dealkylation sites (tertiary alicyclic amines) is 1. The molecule has 164 valence electrons. The Kier molecular flexibility index (Phi) is 7.52. The van der Waals surface area contributed by atoms with E-state index in [0.717, 1.165) is 19.3 Å². The topological polar surface area (TPSA) is 79.0 Å². The van der Waals surface area contributed by atoms with Gasteiger partial charge in [0.05, 0.1) is 11.3 Å². The van der Waals surface area contributed by atoms with Crippen molar-refractivity contribution in [3.63, 3.8) is 0 Å². The normalized spacial score (nSPS) is 13.5. The summed E-state index contributed by atoms with van der Waals surface area (Å²) in [7, 11) is 3.28. The molecule has 1 aliphatic heterocycles. The maximum Gasteiger partial charge on any atom is 0.259 e. The van der Waals surface area contributed by atoms with Crippen LogP contribution in [0, 0.1) is 0 Å². The standard InChI is InChI=1S/C23H26ClN3O4/c1-26(2)21(28)15-31-18-8-6-7-16(13-18)22(29)25-20-14-17(24)9-10-19(20)23(30)27-11-4-3-5-12-27/h6-10,13-14H,3-5,11-12,15H2,1-2H3,(H,25,29). The van der Waals surface area contributed by atoms with E-state index in [0.29, 0.717) is 40.7 Å². The summed E-state index contributed by atoms with van der Waals surface area (Å²) in [6.07, 6.45) is 3.07. The first kappa shape index (κ1) is 22.6. The van der Waals surface area contributed by atoms with E-state index < -0.39 is 5.91 Å². The first-order valence-electron chi connectivity index (χ1n) is 10.2. The molecule has 0 bridgehead atoms. The summed E-state index contributed by atoms with van der Waals surface area (Å²) in [5, 5.41) is 3.22. The van der Waals surface area contributed by atoms with Crippen LogP contribution in [-0.4, -0.2) is 61.3 Å².